The van der Waals surface area contributed by atoms with E-state index in [0.717, 1.165) is 55.9 Å². The van der Waals surface area contributed by atoms with Gasteiger partial charge in [-0.05, 0) is 59.5 Å². The molecule has 0 fully saturated rings. The van der Waals surface area contributed by atoms with Gasteiger partial charge in [0.2, 0.25) is 0 Å². The Hall–Kier alpha value is -5.74. The second-order valence-corrected chi connectivity index (χ2v) is 10.5. The molecule has 0 aliphatic rings. The molecule has 0 spiro atoms. The standard InChI is InChI=1S/C39H28N4/c1-27-22-32(28-14-6-2-7-15-28)26-36(40-27)34-23-33(29-16-8-3-9-17-29)24-35(25-34)39-42-37(30-18-10-4-11-19-30)41-38(43-39)31-20-12-5-13-21-31/h2-26H,1H3. The molecule has 0 aliphatic heterocycles. The fourth-order valence-electron chi connectivity index (χ4n) is 5.25. The Morgan fingerprint density at radius 1 is 0.302 bits per heavy atom. The van der Waals surface area contributed by atoms with Gasteiger partial charge < -0.3 is 0 Å². The van der Waals surface area contributed by atoms with Crippen molar-refractivity contribution in [1.29, 1.82) is 0 Å². The van der Waals surface area contributed by atoms with E-state index in [9.17, 15) is 0 Å². The van der Waals surface area contributed by atoms with Crippen LogP contribution in [0.5, 0.6) is 0 Å². The zero-order chi connectivity index (χ0) is 29.0. The topological polar surface area (TPSA) is 51.6 Å². The van der Waals surface area contributed by atoms with Crippen molar-refractivity contribution in [3.8, 4) is 67.7 Å². The Bertz CT molecular complexity index is 1950. The van der Waals surface area contributed by atoms with Gasteiger partial charge >= 0.3 is 0 Å². The van der Waals surface area contributed by atoms with Gasteiger partial charge in [0, 0.05) is 27.9 Å². The molecule has 4 heteroatoms. The number of nitrogens with zero attached hydrogens (tertiary/aromatic N) is 4. The summed E-state index contributed by atoms with van der Waals surface area (Å²) in [5.74, 6) is 1.88. The van der Waals surface area contributed by atoms with Gasteiger partial charge in [0.25, 0.3) is 0 Å². The fourth-order valence-corrected chi connectivity index (χ4v) is 5.25. The monoisotopic (exact) mass is 552 g/mol. The first-order valence-corrected chi connectivity index (χ1v) is 14.3. The summed E-state index contributed by atoms with van der Waals surface area (Å²) in [5.41, 5.74) is 10.1. The minimum atomic E-state index is 0.614. The molecule has 0 aliphatic carbocycles. The molecule has 0 N–H and O–H groups in total. The average Bonchev–Trinajstić information content (AvgIpc) is 3.09. The lowest BCUT2D eigenvalue weighted by Crippen LogP contribution is -2.00. The van der Waals surface area contributed by atoms with Crippen LogP contribution in [-0.4, -0.2) is 19.9 Å². The van der Waals surface area contributed by atoms with Gasteiger partial charge in [-0.1, -0.05) is 121 Å². The number of aryl methyl sites for hydroxylation is 1. The number of hydrogen-bond acceptors (Lipinski definition) is 4. The fraction of sp³-hybridized carbons (Fsp3) is 0.0256. The average molecular weight is 553 g/mol. The van der Waals surface area contributed by atoms with Crippen LogP contribution in [0, 0.1) is 6.92 Å². The Balaban J connectivity index is 1.45. The summed E-state index contributed by atoms with van der Waals surface area (Å²) >= 11 is 0. The molecule has 0 amide bonds. The summed E-state index contributed by atoms with van der Waals surface area (Å²) in [6, 6.07) is 51.7. The highest BCUT2D eigenvalue weighted by Crippen LogP contribution is 2.34. The summed E-state index contributed by atoms with van der Waals surface area (Å²) in [6.45, 7) is 2.04. The summed E-state index contributed by atoms with van der Waals surface area (Å²) in [6.07, 6.45) is 0. The van der Waals surface area contributed by atoms with Crippen molar-refractivity contribution in [1.82, 2.24) is 19.9 Å². The normalized spacial score (nSPS) is 10.9. The molecule has 2 aromatic heterocycles. The molecule has 4 nitrogen and oxygen atoms in total. The highest BCUT2D eigenvalue weighted by atomic mass is 15.0. The molecule has 2 heterocycles. The number of benzene rings is 5. The van der Waals surface area contributed by atoms with Crippen molar-refractivity contribution in [3.63, 3.8) is 0 Å². The molecule has 0 atom stereocenters. The zero-order valence-electron chi connectivity index (χ0n) is 23.7. The smallest absolute Gasteiger partial charge is 0.164 e. The Labute approximate surface area is 251 Å². The molecule has 0 radical (unpaired) electrons. The number of pyridine rings is 1. The molecule has 0 saturated heterocycles. The predicted octanol–water partition coefficient (Wildman–Crippen LogP) is 9.58. The minimum absolute atomic E-state index is 0.614. The molecule has 0 unspecified atom stereocenters. The molecular formula is C39H28N4. The predicted molar refractivity (Wildman–Crippen MR) is 175 cm³/mol. The first-order valence-electron chi connectivity index (χ1n) is 14.3. The lowest BCUT2D eigenvalue weighted by molar-refractivity contribution is 1.07. The number of aromatic nitrogens is 4. The van der Waals surface area contributed by atoms with E-state index in [-0.39, 0.29) is 0 Å². The van der Waals surface area contributed by atoms with Gasteiger partial charge in [0.05, 0.1) is 5.69 Å². The van der Waals surface area contributed by atoms with E-state index in [4.69, 9.17) is 19.9 Å². The van der Waals surface area contributed by atoms with Crippen LogP contribution in [-0.2, 0) is 0 Å². The second kappa shape index (κ2) is 11.6. The molecule has 7 rings (SSSR count). The Morgan fingerprint density at radius 2 is 0.674 bits per heavy atom. The quantitative estimate of drug-likeness (QED) is 0.206. The van der Waals surface area contributed by atoms with E-state index in [0.29, 0.717) is 17.5 Å². The summed E-state index contributed by atoms with van der Waals surface area (Å²) in [7, 11) is 0. The van der Waals surface area contributed by atoms with Gasteiger partial charge in [-0.2, -0.15) is 0 Å². The lowest BCUT2D eigenvalue weighted by atomic mass is 9.96. The van der Waals surface area contributed by atoms with Crippen molar-refractivity contribution in [2.45, 2.75) is 6.92 Å². The van der Waals surface area contributed by atoms with Crippen LogP contribution in [0.1, 0.15) is 5.69 Å². The van der Waals surface area contributed by atoms with E-state index in [1.165, 1.54) is 0 Å². The second-order valence-electron chi connectivity index (χ2n) is 10.5. The van der Waals surface area contributed by atoms with Crippen molar-refractivity contribution in [3.05, 3.63) is 157 Å². The third kappa shape index (κ3) is 5.72. The van der Waals surface area contributed by atoms with Crippen LogP contribution in [0.15, 0.2) is 152 Å². The maximum Gasteiger partial charge on any atom is 0.164 e. The molecule has 0 bridgehead atoms. The molecular weight excluding hydrogens is 524 g/mol. The van der Waals surface area contributed by atoms with Gasteiger partial charge in [0.15, 0.2) is 17.5 Å². The van der Waals surface area contributed by atoms with E-state index in [2.05, 4.69) is 78.9 Å². The zero-order valence-corrected chi connectivity index (χ0v) is 23.7. The van der Waals surface area contributed by atoms with Crippen molar-refractivity contribution < 1.29 is 0 Å². The van der Waals surface area contributed by atoms with Crippen LogP contribution in [0.4, 0.5) is 0 Å². The van der Waals surface area contributed by atoms with Gasteiger partial charge in [0.1, 0.15) is 0 Å². The first kappa shape index (κ1) is 26.2. The van der Waals surface area contributed by atoms with E-state index in [1.54, 1.807) is 0 Å². The van der Waals surface area contributed by atoms with E-state index in [1.807, 2.05) is 79.7 Å². The minimum Gasteiger partial charge on any atom is -0.253 e. The third-order valence-electron chi connectivity index (χ3n) is 7.35. The van der Waals surface area contributed by atoms with Crippen LogP contribution in [0.2, 0.25) is 0 Å². The van der Waals surface area contributed by atoms with Crippen LogP contribution in [0.25, 0.3) is 67.7 Å². The first-order chi connectivity index (χ1) is 21.2. The van der Waals surface area contributed by atoms with Crippen molar-refractivity contribution >= 4 is 0 Å². The number of hydrogen-bond donors (Lipinski definition) is 0. The van der Waals surface area contributed by atoms with Crippen molar-refractivity contribution in [2.24, 2.45) is 0 Å². The summed E-state index contributed by atoms with van der Waals surface area (Å²) < 4.78 is 0. The molecule has 5 aromatic carbocycles. The maximum atomic E-state index is 5.01. The Kier molecular flexibility index (Phi) is 7.08. The van der Waals surface area contributed by atoms with E-state index < -0.39 is 0 Å². The lowest BCUT2D eigenvalue weighted by Gasteiger charge is -2.13. The maximum absolute atomic E-state index is 5.01. The largest absolute Gasteiger partial charge is 0.253 e. The molecule has 204 valence electrons. The Morgan fingerprint density at radius 3 is 1.16 bits per heavy atom. The van der Waals surface area contributed by atoms with Gasteiger partial charge in [-0.3, -0.25) is 4.98 Å². The third-order valence-corrected chi connectivity index (χ3v) is 7.35. The molecule has 0 saturated carbocycles. The van der Waals surface area contributed by atoms with Crippen LogP contribution >= 0.6 is 0 Å². The van der Waals surface area contributed by atoms with E-state index >= 15 is 0 Å². The SMILES string of the molecule is Cc1cc(-c2ccccc2)cc(-c2cc(-c3ccccc3)cc(-c3nc(-c4ccccc4)nc(-c4ccccc4)n3)c2)n1. The summed E-state index contributed by atoms with van der Waals surface area (Å²) in [4.78, 5) is 19.9. The van der Waals surface area contributed by atoms with Crippen LogP contribution in [0.3, 0.4) is 0 Å². The highest BCUT2D eigenvalue weighted by molar-refractivity contribution is 5.81. The van der Waals surface area contributed by atoms with Gasteiger partial charge in [-0.25, -0.2) is 15.0 Å². The highest BCUT2D eigenvalue weighted by Gasteiger charge is 2.15. The molecule has 7 aromatic rings. The summed E-state index contributed by atoms with van der Waals surface area (Å²) in [5, 5.41) is 0. The van der Waals surface area contributed by atoms with Gasteiger partial charge in [-0.15, -0.1) is 0 Å². The van der Waals surface area contributed by atoms with Crippen LogP contribution < -0.4 is 0 Å². The molecule has 43 heavy (non-hydrogen) atoms. The van der Waals surface area contributed by atoms with Crippen molar-refractivity contribution in [2.75, 3.05) is 0 Å². The number of rotatable bonds is 6.